The summed E-state index contributed by atoms with van der Waals surface area (Å²) in [5.41, 5.74) is 0. The molecule has 1 aliphatic rings. The number of amides is 1. The Kier molecular flexibility index (Phi) is 7.37. The highest BCUT2D eigenvalue weighted by Crippen LogP contribution is 2.18. The number of likely N-dealkylation sites (tertiary alicyclic amines) is 1. The van der Waals surface area contributed by atoms with Gasteiger partial charge in [-0.2, -0.15) is 0 Å². The molecule has 24 heavy (non-hydrogen) atoms. The largest absolute Gasteiger partial charge is 0.497 e. The lowest BCUT2D eigenvalue weighted by Crippen LogP contribution is -2.39. The zero-order chi connectivity index (χ0) is 17.4. The number of hydrogen-bond acceptors (Lipinski definition) is 4. The van der Waals surface area contributed by atoms with Crippen LogP contribution in [0.4, 0.5) is 0 Å². The van der Waals surface area contributed by atoms with E-state index < -0.39 is 6.10 Å². The van der Waals surface area contributed by atoms with E-state index in [1.165, 1.54) is 25.9 Å². The molecule has 1 atom stereocenters. The van der Waals surface area contributed by atoms with Gasteiger partial charge in [0.15, 0.2) is 6.10 Å². The molecule has 134 valence electrons. The second-order valence-electron chi connectivity index (χ2n) is 6.60. The third-order valence-electron chi connectivity index (χ3n) is 4.57. The molecular formula is C19H30N2O3. The van der Waals surface area contributed by atoms with Crippen LogP contribution < -0.4 is 14.8 Å². The van der Waals surface area contributed by atoms with Gasteiger partial charge in [0.05, 0.1) is 7.11 Å². The number of methoxy groups -OCH3 is 1. The SMILES string of the molecule is COc1ccc(O[C@@H](C)C(=O)NCCCN2CCC(C)CC2)cc1. The number of piperidine rings is 1. The van der Waals surface area contributed by atoms with Crippen molar-refractivity contribution >= 4 is 5.91 Å². The van der Waals surface area contributed by atoms with Gasteiger partial charge in [0.2, 0.25) is 0 Å². The van der Waals surface area contributed by atoms with Crippen LogP contribution in [0.5, 0.6) is 11.5 Å². The summed E-state index contributed by atoms with van der Waals surface area (Å²) in [5.74, 6) is 2.22. The predicted octanol–water partition coefficient (Wildman–Crippen LogP) is 2.70. The van der Waals surface area contributed by atoms with Crippen LogP contribution in [0, 0.1) is 5.92 Å². The summed E-state index contributed by atoms with van der Waals surface area (Å²) >= 11 is 0. The van der Waals surface area contributed by atoms with Gasteiger partial charge in [-0.15, -0.1) is 0 Å². The minimum atomic E-state index is -0.505. The quantitative estimate of drug-likeness (QED) is 0.743. The Hall–Kier alpha value is -1.75. The second kappa shape index (κ2) is 9.52. The average molecular weight is 334 g/mol. The van der Waals surface area contributed by atoms with Crippen molar-refractivity contribution < 1.29 is 14.3 Å². The van der Waals surface area contributed by atoms with Gasteiger partial charge >= 0.3 is 0 Å². The van der Waals surface area contributed by atoms with Crippen LogP contribution in [0.15, 0.2) is 24.3 Å². The molecule has 0 aromatic heterocycles. The molecule has 0 aliphatic carbocycles. The van der Waals surface area contributed by atoms with Crippen LogP contribution in [0.25, 0.3) is 0 Å². The van der Waals surface area contributed by atoms with Crippen LogP contribution in [0.3, 0.4) is 0 Å². The van der Waals surface area contributed by atoms with Crippen molar-refractivity contribution in [3.63, 3.8) is 0 Å². The number of benzene rings is 1. The molecule has 1 heterocycles. The fourth-order valence-corrected chi connectivity index (χ4v) is 2.86. The molecule has 1 aromatic carbocycles. The van der Waals surface area contributed by atoms with Gasteiger partial charge in [-0.05, 0) is 76.0 Å². The Morgan fingerprint density at radius 1 is 1.25 bits per heavy atom. The predicted molar refractivity (Wildman–Crippen MR) is 95.5 cm³/mol. The molecule has 0 bridgehead atoms. The summed E-state index contributed by atoms with van der Waals surface area (Å²) in [6, 6.07) is 7.25. The van der Waals surface area contributed by atoms with Gasteiger partial charge in [-0.1, -0.05) is 6.92 Å². The molecule has 1 aliphatic heterocycles. The number of carbonyl (C=O) groups excluding carboxylic acids is 1. The summed E-state index contributed by atoms with van der Waals surface area (Å²) in [7, 11) is 1.62. The maximum Gasteiger partial charge on any atom is 0.260 e. The molecule has 1 fully saturated rings. The van der Waals surface area contributed by atoms with Crippen molar-refractivity contribution in [2.45, 2.75) is 39.2 Å². The van der Waals surface area contributed by atoms with Gasteiger partial charge in [-0.25, -0.2) is 0 Å². The molecule has 0 spiro atoms. The van der Waals surface area contributed by atoms with Crippen LogP contribution in [0.2, 0.25) is 0 Å². The van der Waals surface area contributed by atoms with Crippen molar-refractivity contribution in [3.8, 4) is 11.5 Å². The van der Waals surface area contributed by atoms with Crippen LogP contribution >= 0.6 is 0 Å². The van der Waals surface area contributed by atoms with Crippen molar-refractivity contribution in [1.29, 1.82) is 0 Å². The van der Waals surface area contributed by atoms with E-state index in [4.69, 9.17) is 9.47 Å². The van der Waals surface area contributed by atoms with E-state index in [1.54, 1.807) is 26.2 Å². The molecule has 0 radical (unpaired) electrons. The van der Waals surface area contributed by atoms with E-state index in [2.05, 4.69) is 17.1 Å². The molecule has 5 heteroatoms. The monoisotopic (exact) mass is 334 g/mol. The van der Waals surface area contributed by atoms with Gasteiger partial charge in [0, 0.05) is 6.54 Å². The molecular weight excluding hydrogens is 304 g/mol. The van der Waals surface area contributed by atoms with Crippen LogP contribution in [-0.4, -0.2) is 50.2 Å². The first-order valence-electron chi connectivity index (χ1n) is 8.89. The van der Waals surface area contributed by atoms with E-state index >= 15 is 0 Å². The fourth-order valence-electron chi connectivity index (χ4n) is 2.86. The number of carbonyl (C=O) groups is 1. The van der Waals surface area contributed by atoms with Crippen LogP contribution in [-0.2, 0) is 4.79 Å². The molecule has 2 rings (SSSR count). The third kappa shape index (κ3) is 6.04. The third-order valence-corrected chi connectivity index (χ3v) is 4.57. The van der Waals surface area contributed by atoms with Crippen molar-refractivity contribution in [3.05, 3.63) is 24.3 Å². The highest BCUT2D eigenvalue weighted by atomic mass is 16.5. The highest BCUT2D eigenvalue weighted by molar-refractivity contribution is 5.80. The first-order chi connectivity index (χ1) is 11.6. The maximum atomic E-state index is 12.1. The maximum absolute atomic E-state index is 12.1. The van der Waals surface area contributed by atoms with E-state index in [0.29, 0.717) is 12.3 Å². The second-order valence-corrected chi connectivity index (χ2v) is 6.60. The summed E-state index contributed by atoms with van der Waals surface area (Å²) in [6.07, 6.45) is 3.06. The Balaban J connectivity index is 1.62. The average Bonchev–Trinajstić information content (AvgIpc) is 2.60. The minimum Gasteiger partial charge on any atom is -0.497 e. The van der Waals surface area contributed by atoms with Crippen molar-refractivity contribution in [2.24, 2.45) is 5.92 Å². The van der Waals surface area contributed by atoms with Gasteiger partial charge < -0.3 is 19.7 Å². The lowest BCUT2D eigenvalue weighted by Gasteiger charge is -2.30. The first-order valence-corrected chi connectivity index (χ1v) is 8.89. The summed E-state index contributed by atoms with van der Waals surface area (Å²) in [6.45, 7) is 8.22. The lowest BCUT2D eigenvalue weighted by molar-refractivity contribution is -0.127. The highest BCUT2D eigenvalue weighted by Gasteiger charge is 2.16. The molecule has 1 aromatic rings. The minimum absolute atomic E-state index is 0.0712. The van der Waals surface area contributed by atoms with Crippen molar-refractivity contribution in [2.75, 3.05) is 33.3 Å². The summed E-state index contributed by atoms with van der Waals surface area (Å²) < 4.78 is 10.8. The molecule has 1 amide bonds. The Bertz CT molecular complexity index is 496. The van der Waals surface area contributed by atoms with E-state index in [0.717, 1.165) is 24.6 Å². The standard InChI is InChI=1S/C19H30N2O3/c1-15-9-13-21(14-10-15)12-4-11-20-19(22)16(2)24-18-7-5-17(23-3)6-8-18/h5-8,15-16H,4,9-14H2,1-3H3,(H,20,22)/t16-/m0/s1. The lowest BCUT2D eigenvalue weighted by atomic mass is 9.99. The number of ether oxygens (including phenoxy) is 2. The summed E-state index contributed by atoms with van der Waals surface area (Å²) in [4.78, 5) is 14.6. The Morgan fingerprint density at radius 2 is 1.88 bits per heavy atom. The zero-order valence-electron chi connectivity index (χ0n) is 15.1. The number of nitrogens with one attached hydrogen (secondary N) is 1. The molecule has 1 saturated heterocycles. The van der Waals surface area contributed by atoms with E-state index in [1.807, 2.05) is 12.1 Å². The molecule has 0 unspecified atom stereocenters. The first kappa shape index (κ1) is 18.6. The number of nitrogens with zero attached hydrogens (tertiary/aromatic N) is 1. The molecule has 1 N–H and O–H groups in total. The van der Waals surface area contributed by atoms with Gasteiger partial charge in [0.25, 0.3) is 5.91 Å². The fraction of sp³-hybridized carbons (Fsp3) is 0.632. The zero-order valence-corrected chi connectivity index (χ0v) is 15.1. The Morgan fingerprint density at radius 3 is 2.50 bits per heavy atom. The Labute approximate surface area is 145 Å². The van der Waals surface area contributed by atoms with Gasteiger partial charge in [0.1, 0.15) is 11.5 Å². The van der Waals surface area contributed by atoms with E-state index in [-0.39, 0.29) is 5.91 Å². The number of hydrogen-bond donors (Lipinski definition) is 1. The molecule has 0 saturated carbocycles. The van der Waals surface area contributed by atoms with Crippen molar-refractivity contribution in [1.82, 2.24) is 10.2 Å². The molecule has 5 nitrogen and oxygen atoms in total. The normalized spacial score (nSPS) is 17.3. The number of rotatable bonds is 8. The smallest absolute Gasteiger partial charge is 0.260 e. The van der Waals surface area contributed by atoms with E-state index in [9.17, 15) is 4.79 Å². The summed E-state index contributed by atoms with van der Waals surface area (Å²) in [5, 5.41) is 2.96. The topological polar surface area (TPSA) is 50.8 Å². The van der Waals surface area contributed by atoms with Gasteiger partial charge in [-0.3, -0.25) is 4.79 Å². The van der Waals surface area contributed by atoms with Crippen LogP contribution in [0.1, 0.15) is 33.1 Å².